The van der Waals surface area contributed by atoms with E-state index < -0.39 is 23.3 Å². The molecule has 0 aromatic heterocycles. The Bertz CT molecular complexity index is 535. The van der Waals surface area contributed by atoms with Gasteiger partial charge in [0.2, 0.25) is 0 Å². The summed E-state index contributed by atoms with van der Waals surface area (Å²) < 4.78 is 42.8. The molecule has 7 heteroatoms. The topological polar surface area (TPSA) is 50.1 Å². The maximum Gasteiger partial charge on any atom is 0.417 e. The van der Waals surface area contributed by atoms with Crippen LogP contribution >= 0.6 is 11.6 Å². The van der Waals surface area contributed by atoms with Crippen LogP contribution < -0.4 is 0 Å². The number of nitrogens with zero attached hydrogens (tertiary/aromatic N) is 1. The smallest absolute Gasteiger partial charge is 0.417 e. The predicted molar refractivity (Wildman–Crippen MR) is 61.5 cm³/mol. The van der Waals surface area contributed by atoms with Gasteiger partial charge in [-0.1, -0.05) is 11.6 Å². The number of benzene rings is 1. The lowest BCUT2D eigenvalue weighted by Crippen LogP contribution is -2.12. The summed E-state index contributed by atoms with van der Waals surface area (Å²) in [4.78, 5) is 11.3. The number of hydrogen-bond donors (Lipinski definition) is 0. The summed E-state index contributed by atoms with van der Waals surface area (Å²) in [5, 5.41) is 8.59. The molecule has 1 rings (SSSR count). The van der Waals surface area contributed by atoms with Gasteiger partial charge in [-0.3, -0.25) is 4.79 Å². The van der Waals surface area contributed by atoms with Gasteiger partial charge in [0.1, 0.15) is 0 Å². The van der Waals surface area contributed by atoms with E-state index in [1.165, 1.54) is 6.07 Å². The van der Waals surface area contributed by atoms with Crippen LogP contribution in [0.15, 0.2) is 12.1 Å². The highest BCUT2D eigenvalue weighted by atomic mass is 35.5. The van der Waals surface area contributed by atoms with Crippen molar-refractivity contribution in [2.45, 2.75) is 19.5 Å². The summed E-state index contributed by atoms with van der Waals surface area (Å²) in [6, 6.07) is 3.04. The number of hydrogen-bond acceptors (Lipinski definition) is 3. The van der Waals surface area contributed by atoms with E-state index in [1.54, 1.807) is 6.92 Å². The number of halogens is 4. The van der Waals surface area contributed by atoms with Crippen molar-refractivity contribution in [1.82, 2.24) is 0 Å². The molecule has 0 spiro atoms. The van der Waals surface area contributed by atoms with Crippen LogP contribution in [0.5, 0.6) is 0 Å². The zero-order valence-corrected chi connectivity index (χ0v) is 10.6. The number of ether oxygens (including phenoxy) is 1. The van der Waals surface area contributed by atoms with E-state index in [9.17, 15) is 18.0 Å². The van der Waals surface area contributed by atoms with Gasteiger partial charge in [0.05, 0.1) is 30.2 Å². The van der Waals surface area contributed by atoms with E-state index in [1.807, 2.05) is 0 Å². The first-order valence-electron chi connectivity index (χ1n) is 5.25. The van der Waals surface area contributed by atoms with Crippen molar-refractivity contribution >= 4 is 17.6 Å². The first-order valence-corrected chi connectivity index (χ1v) is 5.62. The average Bonchev–Trinajstić information content (AvgIpc) is 2.30. The molecule has 0 fully saturated rings. The van der Waals surface area contributed by atoms with Gasteiger partial charge in [-0.15, -0.1) is 0 Å². The zero-order valence-electron chi connectivity index (χ0n) is 9.84. The Kier molecular flexibility index (Phi) is 4.78. The molecule has 0 heterocycles. The minimum Gasteiger partial charge on any atom is -0.466 e. The third-order valence-corrected chi connectivity index (χ3v) is 2.60. The lowest BCUT2D eigenvalue weighted by atomic mass is 10.0. The molecule has 102 valence electrons. The summed E-state index contributed by atoms with van der Waals surface area (Å²) >= 11 is 5.75. The second-order valence-corrected chi connectivity index (χ2v) is 3.99. The maximum atomic E-state index is 12.7. The van der Waals surface area contributed by atoms with Crippen LogP contribution in [0.1, 0.15) is 23.6 Å². The molecule has 0 aliphatic carbocycles. The van der Waals surface area contributed by atoms with E-state index in [4.69, 9.17) is 16.9 Å². The molecule has 1 aromatic rings. The molecule has 0 saturated heterocycles. The van der Waals surface area contributed by atoms with E-state index >= 15 is 0 Å². The number of rotatable bonds is 3. The SMILES string of the molecule is CCOC(=O)Cc1cc(C(F)(F)F)c(C#N)cc1Cl. The highest BCUT2D eigenvalue weighted by Crippen LogP contribution is 2.35. The van der Waals surface area contributed by atoms with Crippen LogP contribution in [-0.4, -0.2) is 12.6 Å². The van der Waals surface area contributed by atoms with Crippen LogP contribution in [0, 0.1) is 11.3 Å². The van der Waals surface area contributed by atoms with Gasteiger partial charge >= 0.3 is 12.1 Å². The third-order valence-electron chi connectivity index (χ3n) is 2.25. The van der Waals surface area contributed by atoms with Crippen molar-refractivity contribution in [1.29, 1.82) is 5.26 Å². The minimum atomic E-state index is -4.68. The van der Waals surface area contributed by atoms with Gasteiger partial charge in [0.15, 0.2) is 0 Å². The normalized spacial score (nSPS) is 10.9. The molecule has 0 unspecified atom stereocenters. The number of nitriles is 1. The van der Waals surface area contributed by atoms with Gasteiger partial charge in [0, 0.05) is 5.02 Å². The van der Waals surface area contributed by atoms with Gasteiger partial charge < -0.3 is 4.74 Å². The molecular weight excluding hydrogens is 283 g/mol. The quantitative estimate of drug-likeness (QED) is 0.803. The van der Waals surface area contributed by atoms with Gasteiger partial charge in [-0.25, -0.2) is 0 Å². The monoisotopic (exact) mass is 291 g/mol. The number of alkyl halides is 3. The molecule has 0 saturated carbocycles. The summed E-state index contributed by atoms with van der Waals surface area (Å²) in [7, 11) is 0. The second kappa shape index (κ2) is 5.93. The van der Waals surface area contributed by atoms with Gasteiger partial charge in [-0.2, -0.15) is 18.4 Å². The Morgan fingerprint density at radius 1 is 1.47 bits per heavy atom. The molecule has 1 aromatic carbocycles. The molecule has 0 atom stereocenters. The van der Waals surface area contributed by atoms with E-state index in [2.05, 4.69) is 4.74 Å². The molecule has 0 aliphatic rings. The van der Waals surface area contributed by atoms with E-state index in [-0.39, 0.29) is 23.6 Å². The molecular formula is C12H9ClF3NO2. The molecule has 0 aliphatic heterocycles. The maximum absolute atomic E-state index is 12.7. The van der Waals surface area contributed by atoms with Crippen molar-refractivity contribution in [2.75, 3.05) is 6.61 Å². The van der Waals surface area contributed by atoms with Gasteiger partial charge in [0.25, 0.3) is 0 Å². The molecule has 0 bridgehead atoms. The molecule has 19 heavy (non-hydrogen) atoms. The second-order valence-electron chi connectivity index (χ2n) is 3.58. The average molecular weight is 292 g/mol. The fraction of sp³-hybridized carbons (Fsp3) is 0.333. The van der Waals surface area contributed by atoms with E-state index in [0.717, 1.165) is 6.07 Å². The molecule has 0 amide bonds. The third kappa shape index (κ3) is 3.86. The fourth-order valence-corrected chi connectivity index (χ4v) is 1.68. The van der Waals surface area contributed by atoms with E-state index in [0.29, 0.717) is 6.07 Å². The Morgan fingerprint density at radius 3 is 2.58 bits per heavy atom. The minimum absolute atomic E-state index is 0.0218. The van der Waals surface area contributed by atoms with Crippen molar-refractivity contribution < 1.29 is 22.7 Å². The summed E-state index contributed by atoms with van der Waals surface area (Å²) in [5.41, 5.74) is -1.71. The van der Waals surface area contributed by atoms with Crippen LogP contribution in [0.3, 0.4) is 0 Å². The first kappa shape index (κ1) is 15.3. The first-order chi connectivity index (χ1) is 8.79. The van der Waals surface area contributed by atoms with Crippen molar-refractivity contribution in [3.8, 4) is 6.07 Å². The number of carbonyl (C=O) groups is 1. The summed E-state index contributed by atoms with van der Waals surface area (Å²) in [5.74, 6) is -0.678. The Hall–Kier alpha value is -1.74. The van der Waals surface area contributed by atoms with Crippen LogP contribution in [0.4, 0.5) is 13.2 Å². The molecule has 0 radical (unpaired) electrons. The van der Waals surface area contributed by atoms with Crippen LogP contribution in [0.25, 0.3) is 0 Å². The number of carbonyl (C=O) groups excluding carboxylic acids is 1. The molecule has 3 nitrogen and oxygen atoms in total. The lowest BCUT2D eigenvalue weighted by Gasteiger charge is -2.12. The Balaban J connectivity index is 3.21. The predicted octanol–water partition coefficient (Wildman–Crippen LogP) is 3.34. The number of esters is 1. The Morgan fingerprint density at radius 2 is 2.11 bits per heavy atom. The highest BCUT2D eigenvalue weighted by Gasteiger charge is 2.34. The standard InChI is InChI=1S/C12H9ClF3NO2/c1-2-19-11(18)5-7-3-9(12(14,15)16)8(6-17)4-10(7)13/h3-4H,2,5H2,1H3. The van der Waals surface area contributed by atoms with Crippen LogP contribution in [-0.2, 0) is 22.1 Å². The van der Waals surface area contributed by atoms with Crippen molar-refractivity contribution in [3.63, 3.8) is 0 Å². The van der Waals surface area contributed by atoms with Gasteiger partial charge in [-0.05, 0) is 24.6 Å². The highest BCUT2D eigenvalue weighted by molar-refractivity contribution is 6.31. The zero-order chi connectivity index (χ0) is 14.6. The summed E-state index contributed by atoms with van der Waals surface area (Å²) in [6.45, 7) is 1.71. The van der Waals surface area contributed by atoms with Crippen molar-refractivity contribution in [3.05, 3.63) is 33.8 Å². The van der Waals surface area contributed by atoms with Crippen LogP contribution in [0.2, 0.25) is 5.02 Å². The fourth-order valence-electron chi connectivity index (χ4n) is 1.45. The Labute approximate surface area is 112 Å². The summed E-state index contributed by atoms with van der Waals surface area (Å²) in [6.07, 6.45) is -5.06. The van der Waals surface area contributed by atoms with Crippen molar-refractivity contribution in [2.24, 2.45) is 0 Å². The largest absolute Gasteiger partial charge is 0.466 e. The lowest BCUT2D eigenvalue weighted by molar-refractivity contribution is -0.142. The molecule has 0 N–H and O–H groups in total.